The van der Waals surface area contributed by atoms with Gasteiger partial charge in [-0.15, -0.1) is 0 Å². The van der Waals surface area contributed by atoms with E-state index in [4.69, 9.17) is 4.99 Å². The first-order chi connectivity index (χ1) is 9.03. The van der Waals surface area contributed by atoms with Gasteiger partial charge in [0.2, 0.25) is 0 Å². The van der Waals surface area contributed by atoms with Gasteiger partial charge in [0, 0.05) is 12.0 Å². The third-order valence-corrected chi connectivity index (χ3v) is 4.54. The van der Waals surface area contributed by atoms with Crippen molar-refractivity contribution in [3.05, 3.63) is 35.4 Å². The van der Waals surface area contributed by atoms with Crippen LogP contribution >= 0.6 is 11.8 Å². The van der Waals surface area contributed by atoms with Gasteiger partial charge in [-0.05, 0) is 56.4 Å². The second kappa shape index (κ2) is 4.78. The predicted octanol–water partition coefficient (Wildman–Crippen LogP) is 3.83. The second-order valence-electron chi connectivity index (χ2n) is 6.18. The molecule has 1 saturated carbocycles. The molecule has 0 unspecified atom stereocenters. The first-order valence-corrected chi connectivity index (χ1v) is 7.74. The van der Waals surface area contributed by atoms with Crippen molar-refractivity contribution < 1.29 is 4.79 Å². The molecule has 2 aliphatic rings. The van der Waals surface area contributed by atoms with E-state index in [0.717, 1.165) is 17.0 Å². The van der Waals surface area contributed by atoms with Crippen molar-refractivity contribution in [1.82, 2.24) is 0 Å². The zero-order chi connectivity index (χ0) is 13.5. The maximum Gasteiger partial charge on any atom is 0.195 e. The molecule has 0 aromatic heterocycles. The van der Waals surface area contributed by atoms with Crippen molar-refractivity contribution in [1.29, 1.82) is 0 Å². The van der Waals surface area contributed by atoms with E-state index in [1.54, 1.807) is 0 Å². The predicted molar refractivity (Wildman–Crippen MR) is 80.7 cm³/mol. The van der Waals surface area contributed by atoms with Crippen LogP contribution in [0, 0.1) is 5.92 Å². The lowest BCUT2D eigenvalue weighted by molar-refractivity contribution is -0.111. The number of fused-ring (bicyclic) bond motifs is 1. The van der Waals surface area contributed by atoms with Crippen molar-refractivity contribution >= 4 is 21.9 Å². The van der Waals surface area contributed by atoms with Gasteiger partial charge in [-0.25, -0.2) is 0 Å². The number of rotatable bonds is 2. The summed E-state index contributed by atoms with van der Waals surface area (Å²) >= 11 is 1.34. The Hall–Kier alpha value is -1.09. The Kier molecular flexibility index (Phi) is 3.25. The van der Waals surface area contributed by atoms with Gasteiger partial charge in [0.15, 0.2) is 5.12 Å². The summed E-state index contributed by atoms with van der Waals surface area (Å²) in [4.78, 5) is 16.8. The van der Waals surface area contributed by atoms with E-state index in [-0.39, 0.29) is 10.7 Å². The van der Waals surface area contributed by atoms with Crippen molar-refractivity contribution in [2.24, 2.45) is 10.9 Å². The normalized spacial score (nSPS) is 20.6. The Morgan fingerprint density at radius 2 is 2.11 bits per heavy atom. The monoisotopic (exact) mass is 273 g/mol. The van der Waals surface area contributed by atoms with Crippen LogP contribution in [0.4, 0.5) is 0 Å². The van der Waals surface area contributed by atoms with Crippen molar-refractivity contribution in [2.45, 2.75) is 45.1 Å². The van der Waals surface area contributed by atoms with Crippen molar-refractivity contribution in [3.63, 3.8) is 0 Å². The highest BCUT2D eigenvalue weighted by atomic mass is 32.2. The molecule has 1 heterocycles. The van der Waals surface area contributed by atoms with E-state index in [1.807, 2.05) is 6.07 Å². The fraction of sp³-hybridized carbons (Fsp3) is 0.500. The minimum Gasteiger partial charge on any atom is -0.287 e. The van der Waals surface area contributed by atoms with Crippen LogP contribution in [0.15, 0.2) is 29.3 Å². The number of aliphatic imine (C=N–C) groups is 1. The van der Waals surface area contributed by atoms with E-state index in [1.165, 1.54) is 30.2 Å². The summed E-state index contributed by atoms with van der Waals surface area (Å²) in [7, 11) is 0. The third kappa shape index (κ3) is 3.08. The third-order valence-electron chi connectivity index (χ3n) is 3.64. The number of hydrogen-bond donors (Lipinski definition) is 0. The highest BCUT2D eigenvalue weighted by molar-refractivity contribution is 8.26. The molecule has 0 saturated heterocycles. The molecule has 2 nitrogen and oxygen atoms in total. The van der Waals surface area contributed by atoms with Gasteiger partial charge in [0.25, 0.3) is 0 Å². The number of hydrogen-bond acceptors (Lipinski definition) is 3. The zero-order valence-corrected chi connectivity index (χ0v) is 12.3. The van der Waals surface area contributed by atoms with Crippen LogP contribution in [0.1, 0.15) is 44.2 Å². The molecule has 19 heavy (non-hydrogen) atoms. The van der Waals surface area contributed by atoms with Gasteiger partial charge in [-0.2, -0.15) is 0 Å². The van der Waals surface area contributed by atoms with Crippen molar-refractivity contribution in [3.8, 4) is 0 Å². The second-order valence-corrected chi connectivity index (χ2v) is 7.23. The molecule has 1 aromatic rings. The molecular formula is C16H19NOS. The lowest BCUT2D eigenvalue weighted by Crippen LogP contribution is -2.28. The Labute approximate surface area is 118 Å². The van der Waals surface area contributed by atoms with Crippen LogP contribution in [0.5, 0.6) is 0 Å². The number of carbonyl (C=O) groups excluding carboxylic acids is 1. The van der Waals surface area contributed by atoms with Gasteiger partial charge in [0.1, 0.15) is 5.04 Å². The molecule has 0 radical (unpaired) electrons. The summed E-state index contributed by atoms with van der Waals surface area (Å²) in [6.45, 7) is 4.27. The van der Waals surface area contributed by atoms with Crippen LogP contribution in [-0.2, 0) is 11.2 Å². The van der Waals surface area contributed by atoms with Gasteiger partial charge in [0.05, 0.1) is 5.54 Å². The minimum absolute atomic E-state index is 0.101. The summed E-state index contributed by atoms with van der Waals surface area (Å²) in [6.07, 6.45) is 4.11. The molecule has 1 aliphatic carbocycles. The van der Waals surface area contributed by atoms with E-state index < -0.39 is 0 Å². The SMILES string of the molecule is CC1(C)Cc2ccccc2C(SC(=O)CC2CC2)=N1. The van der Waals surface area contributed by atoms with Crippen LogP contribution < -0.4 is 0 Å². The lowest BCUT2D eigenvalue weighted by Gasteiger charge is -2.28. The lowest BCUT2D eigenvalue weighted by atomic mass is 9.90. The Morgan fingerprint density at radius 1 is 1.37 bits per heavy atom. The summed E-state index contributed by atoms with van der Waals surface area (Å²) < 4.78 is 0. The standard InChI is InChI=1S/C16H19NOS/c1-16(2)10-12-5-3-4-6-13(12)15(17-16)19-14(18)9-11-7-8-11/h3-6,11H,7-10H2,1-2H3. The quantitative estimate of drug-likeness (QED) is 0.819. The Balaban J connectivity index is 1.84. The van der Waals surface area contributed by atoms with E-state index in [0.29, 0.717) is 12.3 Å². The number of benzene rings is 1. The highest BCUT2D eigenvalue weighted by Crippen LogP contribution is 2.36. The van der Waals surface area contributed by atoms with Gasteiger partial charge in [-0.1, -0.05) is 24.3 Å². The molecule has 0 amide bonds. The first kappa shape index (κ1) is 12.9. The number of nitrogens with zero attached hydrogens (tertiary/aromatic N) is 1. The molecular weight excluding hydrogens is 254 g/mol. The largest absolute Gasteiger partial charge is 0.287 e. The van der Waals surface area contributed by atoms with Crippen LogP contribution in [0.2, 0.25) is 0 Å². The van der Waals surface area contributed by atoms with E-state index in [9.17, 15) is 4.79 Å². The fourth-order valence-corrected chi connectivity index (χ4v) is 3.65. The van der Waals surface area contributed by atoms with Crippen LogP contribution in [0.25, 0.3) is 0 Å². The van der Waals surface area contributed by atoms with Gasteiger partial charge >= 0.3 is 0 Å². The fourth-order valence-electron chi connectivity index (χ4n) is 2.51. The summed E-state index contributed by atoms with van der Waals surface area (Å²) in [5.74, 6) is 0.646. The minimum atomic E-state index is -0.101. The first-order valence-electron chi connectivity index (χ1n) is 6.92. The van der Waals surface area contributed by atoms with Crippen LogP contribution in [0.3, 0.4) is 0 Å². The maximum atomic E-state index is 12.1. The maximum absolute atomic E-state index is 12.1. The molecule has 0 spiro atoms. The van der Waals surface area contributed by atoms with Gasteiger partial charge in [-0.3, -0.25) is 9.79 Å². The highest BCUT2D eigenvalue weighted by Gasteiger charge is 2.30. The molecule has 3 heteroatoms. The Morgan fingerprint density at radius 3 is 2.84 bits per heavy atom. The summed E-state index contributed by atoms with van der Waals surface area (Å²) in [6, 6.07) is 8.33. The smallest absolute Gasteiger partial charge is 0.195 e. The number of thioether (sulfide) groups is 1. The van der Waals surface area contributed by atoms with Gasteiger partial charge < -0.3 is 0 Å². The molecule has 100 valence electrons. The average molecular weight is 273 g/mol. The molecule has 1 aliphatic heterocycles. The summed E-state index contributed by atoms with van der Waals surface area (Å²) in [5.41, 5.74) is 2.36. The Bertz CT molecular complexity index is 543. The molecule has 1 aromatic carbocycles. The van der Waals surface area contributed by atoms with Crippen molar-refractivity contribution in [2.75, 3.05) is 0 Å². The molecule has 0 bridgehead atoms. The average Bonchev–Trinajstić information content (AvgIpc) is 3.11. The number of carbonyl (C=O) groups is 1. The van der Waals surface area contributed by atoms with E-state index >= 15 is 0 Å². The zero-order valence-electron chi connectivity index (χ0n) is 11.5. The van der Waals surface area contributed by atoms with Crippen LogP contribution in [-0.4, -0.2) is 15.7 Å². The topological polar surface area (TPSA) is 29.4 Å². The van der Waals surface area contributed by atoms with E-state index in [2.05, 4.69) is 32.0 Å². The molecule has 0 N–H and O–H groups in total. The molecule has 1 fully saturated rings. The summed E-state index contributed by atoms with van der Waals surface area (Å²) in [5, 5.41) is 1.19. The molecule has 3 rings (SSSR count). The molecule has 0 atom stereocenters.